The molecule has 1 heterocycles. The maximum Gasteiger partial charge on any atom is 0.336 e. The molecule has 0 saturated carbocycles. The Hall–Kier alpha value is -2.35. The van der Waals surface area contributed by atoms with E-state index in [1.165, 1.54) is 6.07 Å². The predicted octanol–water partition coefficient (Wildman–Crippen LogP) is 4.18. The first kappa shape index (κ1) is 23.9. The van der Waals surface area contributed by atoms with Crippen LogP contribution in [0.25, 0.3) is 11.0 Å². The largest absolute Gasteiger partial charge is 0.459 e. The Bertz CT molecular complexity index is 954. The maximum atomic E-state index is 12.4. The molecule has 7 nitrogen and oxygen atoms in total. The van der Waals surface area contributed by atoms with Crippen molar-refractivity contribution in [1.82, 2.24) is 0 Å². The Labute approximate surface area is 184 Å². The predicted molar refractivity (Wildman–Crippen MR) is 119 cm³/mol. The molecule has 0 spiro atoms. The van der Waals surface area contributed by atoms with Gasteiger partial charge in [0.15, 0.2) is 0 Å². The molecule has 0 saturated heterocycles. The van der Waals surface area contributed by atoms with Gasteiger partial charge < -0.3 is 18.8 Å². The molecule has 0 aliphatic heterocycles. The van der Waals surface area contributed by atoms with Crippen LogP contribution in [-0.4, -0.2) is 36.2 Å². The summed E-state index contributed by atoms with van der Waals surface area (Å²) in [6, 6.07) is 6.62. The number of carbonyl (C=O) groups excluding carboxylic acids is 2. The minimum atomic E-state index is -0.657. The first-order valence-electron chi connectivity index (χ1n) is 9.59. The third-order valence-electron chi connectivity index (χ3n) is 3.80. The fraction of sp³-hybridized carbons (Fsp3) is 0.500. The highest BCUT2D eigenvalue weighted by Crippen LogP contribution is 2.25. The molecule has 30 heavy (non-hydrogen) atoms. The van der Waals surface area contributed by atoms with Crippen molar-refractivity contribution in [1.29, 1.82) is 0 Å². The van der Waals surface area contributed by atoms with Crippen molar-refractivity contribution < 1.29 is 23.5 Å². The summed E-state index contributed by atoms with van der Waals surface area (Å²) in [5.74, 6) is -0.969. The first-order valence-corrected chi connectivity index (χ1v) is 10.7. The summed E-state index contributed by atoms with van der Waals surface area (Å²) in [6.07, 6.45) is 0. The summed E-state index contributed by atoms with van der Waals surface area (Å²) < 4.78 is 16.1. The molecule has 0 fully saturated rings. The van der Waals surface area contributed by atoms with Crippen LogP contribution in [0.1, 0.15) is 47.1 Å². The van der Waals surface area contributed by atoms with Crippen LogP contribution < -0.4 is 10.5 Å². The van der Waals surface area contributed by atoms with E-state index in [2.05, 4.69) is 15.9 Å². The summed E-state index contributed by atoms with van der Waals surface area (Å²) in [7, 11) is 0. The number of ether oxygens (including phenoxy) is 2. The number of halogens is 1. The molecule has 0 amide bonds. The summed E-state index contributed by atoms with van der Waals surface area (Å²) in [4.78, 5) is 38.3. The Morgan fingerprint density at radius 1 is 0.967 bits per heavy atom. The van der Waals surface area contributed by atoms with Gasteiger partial charge in [-0.2, -0.15) is 0 Å². The quantitative estimate of drug-likeness (QED) is 0.347. The lowest BCUT2D eigenvalue weighted by Crippen LogP contribution is -2.40. The van der Waals surface area contributed by atoms with Gasteiger partial charge in [0, 0.05) is 28.5 Å². The third-order valence-corrected chi connectivity index (χ3v) is 4.41. The number of nitrogens with zero attached hydrogens (tertiary/aromatic N) is 1. The lowest BCUT2D eigenvalue weighted by atomic mass is 10.1. The van der Waals surface area contributed by atoms with Gasteiger partial charge in [0.1, 0.15) is 29.9 Å². The van der Waals surface area contributed by atoms with Gasteiger partial charge in [-0.1, -0.05) is 15.9 Å². The number of esters is 2. The van der Waals surface area contributed by atoms with Gasteiger partial charge in [0.05, 0.1) is 0 Å². The van der Waals surface area contributed by atoms with Gasteiger partial charge in [-0.3, -0.25) is 9.59 Å². The van der Waals surface area contributed by atoms with E-state index >= 15 is 0 Å². The molecular formula is C22H28BrNO6. The molecule has 164 valence electrons. The van der Waals surface area contributed by atoms with Crippen molar-refractivity contribution in [3.8, 4) is 0 Å². The average Bonchev–Trinajstić information content (AvgIpc) is 2.56. The fourth-order valence-electron chi connectivity index (χ4n) is 2.82. The lowest BCUT2D eigenvalue weighted by molar-refractivity contribution is -0.154. The molecule has 0 unspecified atom stereocenters. The molecule has 0 aliphatic rings. The van der Waals surface area contributed by atoms with Crippen LogP contribution >= 0.6 is 15.9 Å². The van der Waals surface area contributed by atoms with Crippen LogP contribution in [0.5, 0.6) is 0 Å². The van der Waals surface area contributed by atoms with Gasteiger partial charge in [0.25, 0.3) is 0 Å². The second-order valence-electron chi connectivity index (χ2n) is 8.93. The summed E-state index contributed by atoms with van der Waals surface area (Å²) in [5, 5.41) is 1.26. The second kappa shape index (κ2) is 9.20. The molecule has 0 aliphatic carbocycles. The van der Waals surface area contributed by atoms with Gasteiger partial charge in [0.2, 0.25) is 0 Å². The Morgan fingerprint density at radius 2 is 1.50 bits per heavy atom. The number of alkyl halides is 1. The van der Waals surface area contributed by atoms with Crippen molar-refractivity contribution in [2.75, 3.05) is 18.0 Å². The number of hydrogen-bond donors (Lipinski definition) is 0. The molecular weight excluding hydrogens is 454 g/mol. The van der Waals surface area contributed by atoms with E-state index in [9.17, 15) is 14.4 Å². The van der Waals surface area contributed by atoms with Crippen LogP contribution in [0.15, 0.2) is 33.5 Å². The Morgan fingerprint density at radius 3 is 1.97 bits per heavy atom. The van der Waals surface area contributed by atoms with Crippen LogP contribution in [0.4, 0.5) is 5.69 Å². The number of rotatable bonds is 6. The highest BCUT2D eigenvalue weighted by molar-refractivity contribution is 9.08. The van der Waals surface area contributed by atoms with E-state index < -0.39 is 28.8 Å². The molecule has 1 aromatic heterocycles. The second-order valence-corrected chi connectivity index (χ2v) is 9.49. The number of benzene rings is 1. The van der Waals surface area contributed by atoms with Crippen LogP contribution in [-0.2, 0) is 24.4 Å². The summed E-state index contributed by atoms with van der Waals surface area (Å²) in [5.41, 5.74) is -0.0916. The van der Waals surface area contributed by atoms with Crippen LogP contribution in [0.2, 0.25) is 0 Å². The zero-order valence-corrected chi connectivity index (χ0v) is 19.8. The van der Waals surface area contributed by atoms with Crippen LogP contribution in [0.3, 0.4) is 0 Å². The molecule has 2 aromatic rings. The van der Waals surface area contributed by atoms with Crippen molar-refractivity contribution in [2.24, 2.45) is 0 Å². The topological polar surface area (TPSA) is 86.0 Å². The number of anilines is 1. The standard InChI is InChI=1S/C22H28BrNO6/c1-21(2,3)29-19(26)12-24(13-20(27)30-22(4,5)6)15-7-8-16-14(11-23)9-18(25)28-17(16)10-15/h7-10H,11-13H2,1-6H3. The van der Waals surface area contributed by atoms with Crippen molar-refractivity contribution >= 4 is 44.5 Å². The van der Waals surface area contributed by atoms with E-state index in [1.807, 2.05) is 0 Å². The van der Waals surface area contributed by atoms with Gasteiger partial charge in [-0.25, -0.2) is 4.79 Å². The Kier molecular flexibility index (Phi) is 7.34. The summed E-state index contributed by atoms with van der Waals surface area (Å²) >= 11 is 3.37. The normalized spacial score (nSPS) is 12.0. The monoisotopic (exact) mass is 481 g/mol. The summed E-state index contributed by atoms with van der Waals surface area (Å²) in [6.45, 7) is 10.3. The smallest absolute Gasteiger partial charge is 0.336 e. The van der Waals surface area contributed by atoms with Gasteiger partial charge in [-0.15, -0.1) is 0 Å². The molecule has 0 atom stereocenters. The minimum Gasteiger partial charge on any atom is -0.459 e. The molecule has 2 rings (SSSR count). The highest BCUT2D eigenvalue weighted by Gasteiger charge is 2.24. The minimum absolute atomic E-state index is 0.162. The van der Waals surface area contributed by atoms with E-state index in [0.717, 1.165) is 10.9 Å². The molecule has 0 N–H and O–H groups in total. The van der Waals surface area contributed by atoms with Crippen molar-refractivity contribution in [3.63, 3.8) is 0 Å². The van der Waals surface area contributed by atoms with E-state index in [4.69, 9.17) is 13.9 Å². The lowest BCUT2D eigenvalue weighted by Gasteiger charge is -2.27. The fourth-order valence-corrected chi connectivity index (χ4v) is 3.29. The number of carbonyl (C=O) groups is 2. The van der Waals surface area contributed by atoms with Gasteiger partial charge in [-0.05, 0) is 59.2 Å². The zero-order valence-electron chi connectivity index (χ0n) is 18.2. The number of fused-ring (bicyclic) bond motifs is 1. The number of hydrogen-bond acceptors (Lipinski definition) is 7. The first-order chi connectivity index (χ1) is 13.8. The molecule has 1 aromatic carbocycles. The molecule has 0 bridgehead atoms. The van der Waals surface area contributed by atoms with Crippen molar-refractivity contribution in [2.45, 2.75) is 58.1 Å². The Balaban J connectivity index is 2.40. The average molecular weight is 482 g/mol. The van der Waals surface area contributed by atoms with Crippen molar-refractivity contribution in [3.05, 3.63) is 40.2 Å². The molecule has 0 radical (unpaired) electrons. The van der Waals surface area contributed by atoms with E-state index in [0.29, 0.717) is 16.6 Å². The molecule has 8 heteroatoms. The highest BCUT2D eigenvalue weighted by atomic mass is 79.9. The van der Waals surface area contributed by atoms with Gasteiger partial charge >= 0.3 is 17.6 Å². The SMILES string of the molecule is CC(C)(C)OC(=O)CN(CC(=O)OC(C)(C)C)c1ccc2c(CBr)cc(=O)oc2c1. The van der Waals surface area contributed by atoms with E-state index in [-0.39, 0.29) is 13.1 Å². The zero-order chi connectivity index (χ0) is 22.7. The maximum absolute atomic E-state index is 12.4. The van der Waals surface area contributed by atoms with E-state index in [1.54, 1.807) is 64.6 Å². The third kappa shape index (κ3) is 7.16. The van der Waals surface area contributed by atoms with Crippen LogP contribution in [0, 0.1) is 0 Å².